The first-order chi connectivity index (χ1) is 12.1. The molecule has 0 radical (unpaired) electrons. The Morgan fingerprint density at radius 1 is 1.04 bits per heavy atom. The molecular weight excluding hydrogens is 340 g/mol. The number of carbonyl (C=O) groups excluding carboxylic acids is 2. The Balaban J connectivity index is 2.11. The number of aliphatic hydroxyl groups is 1. The monoisotopic (exact) mass is 360 g/mol. The molecule has 5 nitrogen and oxygen atoms in total. The second-order valence-corrected chi connectivity index (χ2v) is 5.96. The molecule has 6 heteroatoms. The van der Waals surface area contributed by atoms with Crippen LogP contribution in [0, 0.1) is 0 Å². The molecule has 0 aliphatic rings. The van der Waals surface area contributed by atoms with Crippen molar-refractivity contribution in [1.82, 2.24) is 10.6 Å². The van der Waals surface area contributed by atoms with Crippen molar-refractivity contribution in [1.29, 1.82) is 0 Å². The first-order valence-electron chi connectivity index (χ1n) is 8.09. The maximum Gasteiger partial charge on any atom is 0.253 e. The molecule has 25 heavy (non-hydrogen) atoms. The van der Waals surface area contributed by atoms with E-state index < -0.39 is 6.04 Å². The molecule has 2 rings (SSSR count). The number of benzene rings is 2. The van der Waals surface area contributed by atoms with Crippen molar-refractivity contribution in [2.45, 2.75) is 18.9 Å². The molecule has 2 aromatic rings. The number of rotatable bonds is 8. The van der Waals surface area contributed by atoms with Crippen LogP contribution in [0.15, 0.2) is 54.6 Å². The van der Waals surface area contributed by atoms with Crippen LogP contribution < -0.4 is 10.6 Å². The van der Waals surface area contributed by atoms with Gasteiger partial charge >= 0.3 is 0 Å². The standard InChI is InChI=1S/C19H21ClN2O3/c20-16-10-5-4-9-15(16)19(25)22-17(14-7-2-1-3-8-14)13-18(24)21-11-6-12-23/h1-5,7-10,17,23H,6,11-13H2,(H,21,24)(H,22,25). The highest BCUT2D eigenvalue weighted by atomic mass is 35.5. The summed E-state index contributed by atoms with van der Waals surface area (Å²) in [6.07, 6.45) is 0.597. The SMILES string of the molecule is O=C(CC(NC(=O)c1ccccc1Cl)c1ccccc1)NCCCO. The van der Waals surface area contributed by atoms with Gasteiger partial charge in [0, 0.05) is 13.2 Å². The lowest BCUT2D eigenvalue weighted by atomic mass is 10.0. The van der Waals surface area contributed by atoms with Crippen molar-refractivity contribution in [3.8, 4) is 0 Å². The van der Waals surface area contributed by atoms with Gasteiger partial charge in [0.1, 0.15) is 0 Å². The Morgan fingerprint density at radius 2 is 1.72 bits per heavy atom. The minimum atomic E-state index is -0.473. The van der Waals surface area contributed by atoms with Gasteiger partial charge in [-0.2, -0.15) is 0 Å². The van der Waals surface area contributed by atoms with Gasteiger partial charge in [0.15, 0.2) is 0 Å². The number of amides is 2. The van der Waals surface area contributed by atoms with Crippen LogP contribution in [0.1, 0.15) is 34.8 Å². The fourth-order valence-electron chi connectivity index (χ4n) is 2.38. The number of carbonyl (C=O) groups is 2. The number of hydrogen-bond acceptors (Lipinski definition) is 3. The van der Waals surface area contributed by atoms with Crippen molar-refractivity contribution in [2.75, 3.05) is 13.2 Å². The predicted octanol–water partition coefficient (Wildman–Crippen LogP) is 2.70. The van der Waals surface area contributed by atoms with Gasteiger partial charge in [0.05, 0.1) is 23.0 Å². The van der Waals surface area contributed by atoms with Crippen molar-refractivity contribution in [2.24, 2.45) is 0 Å². The minimum absolute atomic E-state index is 0.0195. The van der Waals surface area contributed by atoms with Crippen LogP contribution in [-0.4, -0.2) is 30.1 Å². The van der Waals surface area contributed by atoms with Gasteiger partial charge in [-0.3, -0.25) is 9.59 Å². The van der Waals surface area contributed by atoms with E-state index in [1.54, 1.807) is 24.3 Å². The maximum absolute atomic E-state index is 12.5. The summed E-state index contributed by atoms with van der Waals surface area (Å²) < 4.78 is 0. The number of aliphatic hydroxyl groups excluding tert-OH is 1. The van der Waals surface area contributed by atoms with E-state index in [4.69, 9.17) is 16.7 Å². The van der Waals surface area contributed by atoms with Crippen LogP contribution in [0.4, 0.5) is 0 Å². The molecule has 132 valence electrons. The van der Waals surface area contributed by atoms with Gasteiger partial charge < -0.3 is 15.7 Å². The van der Waals surface area contributed by atoms with E-state index >= 15 is 0 Å². The molecule has 0 aliphatic heterocycles. The van der Waals surface area contributed by atoms with Crippen LogP contribution in [0.3, 0.4) is 0 Å². The molecule has 0 aliphatic carbocycles. The molecule has 1 unspecified atom stereocenters. The molecule has 0 bridgehead atoms. The van der Waals surface area contributed by atoms with Crippen LogP contribution in [0.25, 0.3) is 0 Å². The predicted molar refractivity (Wildman–Crippen MR) is 97.4 cm³/mol. The molecule has 2 amide bonds. The van der Waals surface area contributed by atoms with Crippen molar-refractivity contribution >= 4 is 23.4 Å². The zero-order valence-corrected chi connectivity index (χ0v) is 14.5. The normalized spacial score (nSPS) is 11.6. The lowest BCUT2D eigenvalue weighted by molar-refractivity contribution is -0.121. The fraction of sp³-hybridized carbons (Fsp3) is 0.263. The van der Waals surface area contributed by atoms with Crippen molar-refractivity contribution in [3.63, 3.8) is 0 Å². The number of hydrogen-bond donors (Lipinski definition) is 3. The maximum atomic E-state index is 12.5. The molecule has 0 aromatic heterocycles. The van der Waals surface area contributed by atoms with Gasteiger partial charge in [-0.05, 0) is 24.1 Å². The molecule has 0 spiro atoms. The van der Waals surface area contributed by atoms with E-state index in [0.29, 0.717) is 23.6 Å². The lowest BCUT2D eigenvalue weighted by Crippen LogP contribution is -2.34. The molecule has 1 atom stereocenters. The summed E-state index contributed by atoms with van der Waals surface area (Å²) in [7, 11) is 0. The van der Waals surface area contributed by atoms with Crippen LogP contribution in [0.2, 0.25) is 5.02 Å². The lowest BCUT2D eigenvalue weighted by Gasteiger charge is -2.19. The molecule has 0 fully saturated rings. The molecule has 2 aromatic carbocycles. The smallest absolute Gasteiger partial charge is 0.253 e. The fourth-order valence-corrected chi connectivity index (χ4v) is 2.60. The van der Waals surface area contributed by atoms with E-state index in [2.05, 4.69) is 10.6 Å². The summed E-state index contributed by atoms with van der Waals surface area (Å²) in [5.74, 6) is -0.524. The van der Waals surface area contributed by atoms with Crippen LogP contribution in [-0.2, 0) is 4.79 Å². The molecule has 0 heterocycles. The molecule has 0 saturated carbocycles. The van der Waals surface area contributed by atoms with E-state index in [1.807, 2.05) is 30.3 Å². The van der Waals surface area contributed by atoms with Crippen LogP contribution in [0.5, 0.6) is 0 Å². The Morgan fingerprint density at radius 3 is 2.40 bits per heavy atom. The van der Waals surface area contributed by atoms with Crippen molar-refractivity contribution in [3.05, 3.63) is 70.7 Å². The summed E-state index contributed by atoms with van der Waals surface area (Å²) in [6.45, 7) is 0.418. The van der Waals surface area contributed by atoms with Gasteiger partial charge in [-0.1, -0.05) is 54.1 Å². The van der Waals surface area contributed by atoms with E-state index in [1.165, 1.54) is 0 Å². The average Bonchev–Trinajstić information content (AvgIpc) is 2.62. The summed E-state index contributed by atoms with van der Waals surface area (Å²) in [4.78, 5) is 24.6. The van der Waals surface area contributed by atoms with Gasteiger partial charge in [0.25, 0.3) is 5.91 Å². The largest absolute Gasteiger partial charge is 0.396 e. The zero-order chi connectivity index (χ0) is 18.1. The highest BCUT2D eigenvalue weighted by Crippen LogP contribution is 2.20. The third-order valence-corrected chi connectivity index (χ3v) is 4.00. The Kier molecular flexibility index (Phi) is 7.44. The second-order valence-electron chi connectivity index (χ2n) is 5.55. The highest BCUT2D eigenvalue weighted by Gasteiger charge is 2.20. The van der Waals surface area contributed by atoms with E-state index in [-0.39, 0.29) is 24.8 Å². The first kappa shape index (κ1) is 19.0. The van der Waals surface area contributed by atoms with E-state index in [0.717, 1.165) is 5.56 Å². The molecular formula is C19H21ClN2O3. The summed E-state index contributed by atoms with van der Waals surface area (Å²) >= 11 is 6.08. The average molecular weight is 361 g/mol. The molecule has 0 saturated heterocycles. The quantitative estimate of drug-likeness (QED) is 0.633. The van der Waals surface area contributed by atoms with Gasteiger partial charge in [-0.15, -0.1) is 0 Å². The first-order valence-corrected chi connectivity index (χ1v) is 8.47. The Bertz CT molecular complexity index is 707. The summed E-state index contributed by atoms with van der Waals surface area (Å²) in [5.41, 5.74) is 1.20. The Labute approximate surface area is 152 Å². The van der Waals surface area contributed by atoms with Gasteiger partial charge in [-0.25, -0.2) is 0 Å². The van der Waals surface area contributed by atoms with Crippen LogP contribution >= 0.6 is 11.6 Å². The Hall–Kier alpha value is -2.37. The van der Waals surface area contributed by atoms with E-state index in [9.17, 15) is 9.59 Å². The number of nitrogens with one attached hydrogen (secondary N) is 2. The number of halogens is 1. The van der Waals surface area contributed by atoms with Gasteiger partial charge in [0.2, 0.25) is 5.91 Å². The molecule has 3 N–H and O–H groups in total. The topological polar surface area (TPSA) is 78.4 Å². The minimum Gasteiger partial charge on any atom is -0.396 e. The summed E-state index contributed by atoms with van der Waals surface area (Å²) in [5, 5.41) is 14.8. The third kappa shape index (κ3) is 5.89. The zero-order valence-electron chi connectivity index (χ0n) is 13.7. The highest BCUT2D eigenvalue weighted by molar-refractivity contribution is 6.33. The third-order valence-electron chi connectivity index (χ3n) is 3.67. The van der Waals surface area contributed by atoms with Crippen molar-refractivity contribution < 1.29 is 14.7 Å². The summed E-state index contributed by atoms with van der Waals surface area (Å²) in [6, 6.07) is 15.6. The second kappa shape index (κ2) is 9.81.